The van der Waals surface area contributed by atoms with Crippen LogP contribution in [0.5, 0.6) is 0 Å². The van der Waals surface area contributed by atoms with Gasteiger partial charge in [0.25, 0.3) is 5.91 Å². The van der Waals surface area contributed by atoms with Crippen molar-refractivity contribution in [1.29, 1.82) is 0 Å². The number of carbonyl (C=O) groups excluding carboxylic acids is 2. The molecule has 3 aromatic rings. The van der Waals surface area contributed by atoms with Crippen molar-refractivity contribution in [3.63, 3.8) is 0 Å². The van der Waals surface area contributed by atoms with Crippen molar-refractivity contribution in [2.75, 3.05) is 26.2 Å². The van der Waals surface area contributed by atoms with E-state index in [0.717, 1.165) is 11.1 Å². The second kappa shape index (κ2) is 11.6. The second-order valence-electron chi connectivity index (χ2n) is 8.84. The molecular formula is C29H32N2O3. The van der Waals surface area contributed by atoms with Crippen molar-refractivity contribution in [3.05, 3.63) is 107 Å². The molecule has 3 aromatic carbocycles. The highest BCUT2D eigenvalue weighted by Crippen LogP contribution is 2.17. The molecule has 0 unspecified atom stereocenters. The number of aryl methyl sites for hydroxylation is 1. The number of benzene rings is 3. The Bertz CT molecular complexity index is 1080. The number of hydrogen-bond acceptors (Lipinski definition) is 3. The number of ether oxygens (including phenoxy) is 1. The molecule has 176 valence electrons. The Hall–Kier alpha value is -3.44. The van der Waals surface area contributed by atoms with Gasteiger partial charge in [0.05, 0.1) is 19.3 Å². The Kier molecular flexibility index (Phi) is 8.10. The van der Waals surface area contributed by atoms with Gasteiger partial charge in [-0.2, -0.15) is 0 Å². The van der Waals surface area contributed by atoms with Crippen molar-refractivity contribution in [2.45, 2.75) is 32.4 Å². The van der Waals surface area contributed by atoms with E-state index >= 15 is 0 Å². The van der Waals surface area contributed by atoms with Crippen molar-refractivity contribution >= 4 is 11.8 Å². The van der Waals surface area contributed by atoms with Gasteiger partial charge in [0.2, 0.25) is 5.91 Å². The molecule has 5 nitrogen and oxygen atoms in total. The molecule has 1 atom stereocenters. The highest BCUT2D eigenvalue weighted by atomic mass is 16.5. The number of nitrogens with zero attached hydrogens (tertiary/aromatic N) is 2. The molecule has 1 fully saturated rings. The fourth-order valence-corrected chi connectivity index (χ4v) is 4.42. The normalized spacial score (nSPS) is 15.1. The van der Waals surface area contributed by atoms with Crippen LogP contribution in [0.2, 0.25) is 0 Å². The zero-order valence-electron chi connectivity index (χ0n) is 19.7. The number of carbonyl (C=O) groups is 2. The molecule has 0 radical (unpaired) electrons. The standard InChI is InChI=1S/C29H32N2O3/c1-23-9-8-14-26(19-23)29(33)30-16-15-28(32)31(18-17-30)27(20-24-10-4-2-5-11-24)22-34-21-25-12-6-3-7-13-25/h2-14,19,27H,15-18,20-22H2,1H3/t27-/m0/s1. The fraction of sp³-hybridized carbons (Fsp3) is 0.310. The molecule has 0 spiro atoms. The van der Waals surface area contributed by atoms with Gasteiger partial charge in [-0.25, -0.2) is 0 Å². The topological polar surface area (TPSA) is 49.9 Å². The van der Waals surface area contributed by atoms with Crippen LogP contribution in [0.1, 0.15) is 33.5 Å². The first-order valence-electron chi connectivity index (χ1n) is 11.9. The lowest BCUT2D eigenvalue weighted by Crippen LogP contribution is -2.45. The summed E-state index contributed by atoms with van der Waals surface area (Å²) in [5, 5.41) is 0. The zero-order valence-corrected chi connectivity index (χ0v) is 19.7. The first kappa shape index (κ1) is 23.7. The molecule has 1 heterocycles. The van der Waals surface area contributed by atoms with E-state index in [1.807, 2.05) is 84.6 Å². The first-order valence-corrected chi connectivity index (χ1v) is 11.9. The highest BCUT2D eigenvalue weighted by Gasteiger charge is 2.29. The largest absolute Gasteiger partial charge is 0.375 e. The van der Waals surface area contributed by atoms with Crippen LogP contribution in [0.25, 0.3) is 0 Å². The van der Waals surface area contributed by atoms with Crippen LogP contribution in [0.3, 0.4) is 0 Å². The summed E-state index contributed by atoms with van der Waals surface area (Å²) in [5.41, 5.74) is 4.00. The molecule has 1 saturated heterocycles. The Labute approximate surface area is 202 Å². The zero-order chi connectivity index (χ0) is 23.8. The molecule has 0 bridgehead atoms. The van der Waals surface area contributed by atoms with E-state index in [4.69, 9.17) is 4.74 Å². The lowest BCUT2D eigenvalue weighted by molar-refractivity contribution is -0.134. The highest BCUT2D eigenvalue weighted by molar-refractivity contribution is 5.95. The molecule has 4 rings (SSSR count). The predicted molar refractivity (Wildman–Crippen MR) is 133 cm³/mol. The molecule has 0 aliphatic carbocycles. The van der Waals surface area contributed by atoms with Crippen molar-refractivity contribution in [3.8, 4) is 0 Å². The van der Waals surface area contributed by atoms with Gasteiger partial charge in [-0.1, -0.05) is 78.4 Å². The average Bonchev–Trinajstić information content (AvgIpc) is 3.06. The molecule has 1 aliphatic heterocycles. The molecule has 34 heavy (non-hydrogen) atoms. The SMILES string of the molecule is Cc1cccc(C(=O)N2CCC(=O)N([C@H](COCc3ccccc3)Cc3ccccc3)CC2)c1. The lowest BCUT2D eigenvalue weighted by atomic mass is 10.0. The molecular weight excluding hydrogens is 424 g/mol. The Morgan fingerprint density at radius 3 is 2.29 bits per heavy atom. The minimum atomic E-state index is -0.0902. The average molecular weight is 457 g/mol. The van der Waals surface area contributed by atoms with Crippen LogP contribution in [0.15, 0.2) is 84.9 Å². The van der Waals surface area contributed by atoms with E-state index < -0.39 is 0 Å². The lowest BCUT2D eigenvalue weighted by Gasteiger charge is -2.31. The van der Waals surface area contributed by atoms with Crippen LogP contribution in [0, 0.1) is 6.92 Å². The van der Waals surface area contributed by atoms with Crippen LogP contribution in [0.4, 0.5) is 0 Å². The van der Waals surface area contributed by atoms with E-state index in [-0.39, 0.29) is 17.9 Å². The number of rotatable bonds is 8. The minimum absolute atomic E-state index is 0.0155. The maximum atomic E-state index is 13.2. The monoisotopic (exact) mass is 456 g/mol. The fourth-order valence-electron chi connectivity index (χ4n) is 4.42. The van der Waals surface area contributed by atoms with Gasteiger partial charge in [-0.15, -0.1) is 0 Å². The van der Waals surface area contributed by atoms with Gasteiger partial charge >= 0.3 is 0 Å². The van der Waals surface area contributed by atoms with Crippen LogP contribution in [-0.2, 0) is 22.6 Å². The summed E-state index contributed by atoms with van der Waals surface area (Å²) in [6.45, 7) is 4.39. The maximum absolute atomic E-state index is 13.2. The van der Waals surface area contributed by atoms with Gasteiger partial charge in [-0.05, 0) is 36.6 Å². The van der Waals surface area contributed by atoms with Crippen LogP contribution in [-0.4, -0.2) is 53.9 Å². The molecule has 5 heteroatoms. The first-order chi connectivity index (χ1) is 16.6. The summed E-state index contributed by atoms with van der Waals surface area (Å²) in [5.74, 6) is 0.0575. The Morgan fingerprint density at radius 1 is 0.882 bits per heavy atom. The third-order valence-corrected chi connectivity index (χ3v) is 6.26. The van der Waals surface area contributed by atoms with Crippen LogP contribution < -0.4 is 0 Å². The molecule has 0 N–H and O–H groups in total. The molecule has 2 amide bonds. The molecule has 0 saturated carbocycles. The minimum Gasteiger partial charge on any atom is -0.375 e. The van der Waals surface area contributed by atoms with Gasteiger partial charge in [0, 0.05) is 31.6 Å². The van der Waals surface area contributed by atoms with E-state index in [1.165, 1.54) is 5.56 Å². The van der Waals surface area contributed by atoms with E-state index in [1.54, 1.807) is 4.90 Å². The summed E-state index contributed by atoms with van der Waals surface area (Å²) >= 11 is 0. The van der Waals surface area contributed by atoms with E-state index in [2.05, 4.69) is 12.1 Å². The third kappa shape index (κ3) is 6.33. The molecule has 1 aliphatic rings. The Morgan fingerprint density at radius 2 is 1.59 bits per heavy atom. The van der Waals surface area contributed by atoms with E-state index in [9.17, 15) is 9.59 Å². The van der Waals surface area contributed by atoms with Gasteiger partial charge in [0.1, 0.15) is 0 Å². The van der Waals surface area contributed by atoms with Crippen molar-refractivity contribution in [1.82, 2.24) is 9.80 Å². The van der Waals surface area contributed by atoms with E-state index in [0.29, 0.717) is 51.3 Å². The predicted octanol–water partition coefficient (Wildman–Crippen LogP) is 4.50. The van der Waals surface area contributed by atoms with Crippen molar-refractivity contribution in [2.24, 2.45) is 0 Å². The third-order valence-electron chi connectivity index (χ3n) is 6.26. The summed E-state index contributed by atoms with van der Waals surface area (Å²) < 4.78 is 6.08. The van der Waals surface area contributed by atoms with Gasteiger partial charge in [-0.3, -0.25) is 9.59 Å². The van der Waals surface area contributed by atoms with Crippen molar-refractivity contribution < 1.29 is 14.3 Å². The Balaban J connectivity index is 1.45. The summed E-state index contributed by atoms with van der Waals surface area (Å²) in [4.78, 5) is 30.0. The number of amides is 2. The van der Waals surface area contributed by atoms with Gasteiger partial charge in [0.15, 0.2) is 0 Å². The summed E-state index contributed by atoms with van der Waals surface area (Å²) in [6.07, 6.45) is 1.04. The molecule has 0 aromatic heterocycles. The second-order valence-corrected chi connectivity index (χ2v) is 8.84. The number of hydrogen-bond donors (Lipinski definition) is 0. The van der Waals surface area contributed by atoms with Crippen LogP contribution >= 0.6 is 0 Å². The maximum Gasteiger partial charge on any atom is 0.253 e. The summed E-state index contributed by atoms with van der Waals surface area (Å²) in [7, 11) is 0. The quantitative estimate of drug-likeness (QED) is 0.502. The smallest absolute Gasteiger partial charge is 0.253 e. The van der Waals surface area contributed by atoms with Gasteiger partial charge < -0.3 is 14.5 Å². The summed E-state index contributed by atoms with van der Waals surface area (Å²) in [6, 6.07) is 27.8.